The van der Waals surface area contributed by atoms with E-state index in [1.165, 1.54) is 24.3 Å². The minimum atomic E-state index is -1.24. The van der Waals surface area contributed by atoms with Crippen molar-refractivity contribution in [2.45, 2.75) is 11.3 Å². The van der Waals surface area contributed by atoms with Crippen LogP contribution in [0.2, 0.25) is 0 Å². The van der Waals surface area contributed by atoms with Gasteiger partial charge in [0.25, 0.3) is 0 Å². The van der Waals surface area contributed by atoms with E-state index in [1.54, 1.807) is 0 Å². The lowest BCUT2D eigenvalue weighted by molar-refractivity contribution is -0.991. The second-order valence-corrected chi connectivity index (χ2v) is 8.51. The fourth-order valence-corrected chi connectivity index (χ4v) is 6.04. The Balaban J connectivity index is 1.58. The van der Waals surface area contributed by atoms with Crippen LogP contribution in [0.3, 0.4) is 0 Å². The van der Waals surface area contributed by atoms with Gasteiger partial charge in [0.2, 0.25) is 11.8 Å². The molecule has 3 aromatic rings. The summed E-state index contributed by atoms with van der Waals surface area (Å²) in [6, 6.07) is 20.8. The first-order chi connectivity index (χ1) is 15.5. The molecule has 3 atom stereocenters. The number of amides is 2. The van der Waals surface area contributed by atoms with Crippen molar-refractivity contribution in [3.05, 3.63) is 100 Å². The van der Waals surface area contributed by atoms with Crippen LogP contribution in [0.5, 0.6) is 0 Å². The first-order valence-electron chi connectivity index (χ1n) is 10.4. The summed E-state index contributed by atoms with van der Waals surface area (Å²) in [6.45, 7) is 0. The SMILES string of the molecule is O=CC12c3ccccc3C(c3ccccc31)[C@H]1C(=O)N(c3ccc([NH+]([O-])O)cc3)C(=O)[C@H]12. The number of hydrogen-bond donors (Lipinski definition) is 2. The third kappa shape index (κ3) is 2.12. The summed E-state index contributed by atoms with van der Waals surface area (Å²) < 4.78 is 0. The standard InChI is InChI=1S/C25H18N2O5/c28-13-25-18-7-3-1-5-16(18)20(17-6-2-4-8-19(17)25)21-22(25)24(30)26(23(21)29)14-9-11-15(12-10-14)27(31)32/h1-13,20-22,27,31H/t20?,21-,22+,25?/m1/s1. The number of aldehydes is 1. The van der Waals surface area contributed by atoms with E-state index in [0.29, 0.717) is 5.69 Å². The molecule has 2 amide bonds. The molecule has 0 aromatic heterocycles. The highest BCUT2D eigenvalue weighted by Gasteiger charge is 2.68. The molecule has 7 heteroatoms. The normalized spacial score (nSPS) is 28.2. The van der Waals surface area contributed by atoms with Gasteiger partial charge in [0.05, 0.1) is 22.9 Å². The van der Waals surface area contributed by atoms with Crippen LogP contribution in [-0.4, -0.2) is 23.3 Å². The Morgan fingerprint density at radius 3 is 1.97 bits per heavy atom. The maximum absolute atomic E-state index is 13.8. The zero-order chi connectivity index (χ0) is 22.2. The lowest BCUT2D eigenvalue weighted by Gasteiger charge is -2.51. The zero-order valence-electron chi connectivity index (χ0n) is 16.8. The van der Waals surface area contributed by atoms with Crippen molar-refractivity contribution in [3.63, 3.8) is 0 Å². The van der Waals surface area contributed by atoms with Gasteiger partial charge >= 0.3 is 0 Å². The number of rotatable bonds is 3. The number of imide groups is 1. The summed E-state index contributed by atoms with van der Waals surface area (Å²) in [5.41, 5.74) is 2.51. The summed E-state index contributed by atoms with van der Waals surface area (Å²) >= 11 is 0. The van der Waals surface area contributed by atoms with E-state index in [9.17, 15) is 24.8 Å². The Hall–Kier alpha value is -3.65. The molecule has 3 aliphatic carbocycles. The van der Waals surface area contributed by atoms with Crippen molar-refractivity contribution in [2.24, 2.45) is 11.8 Å². The number of nitrogens with one attached hydrogen (secondary N) is 1. The average molecular weight is 426 g/mol. The van der Waals surface area contributed by atoms with Gasteiger partial charge in [-0.25, -0.2) is 10.1 Å². The largest absolute Gasteiger partial charge is 0.595 e. The number of carbonyl (C=O) groups is 3. The van der Waals surface area contributed by atoms with E-state index >= 15 is 0 Å². The van der Waals surface area contributed by atoms with E-state index in [-0.39, 0.29) is 17.5 Å². The van der Waals surface area contributed by atoms with Crippen molar-refractivity contribution >= 4 is 29.5 Å². The van der Waals surface area contributed by atoms with Gasteiger partial charge in [-0.1, -0.05) is 48.5 Å². The number of hydrogen-bond acceptors (Lipinski definition) is 5. The lowest BCUT2D eigenvalue weighted by atomic mass is 9.48. The summed E-state index contributed by atoms with van der Waals surface area (Å²) in [5, 5.41) is 19.3. The second-order valence-electron chi connectivity index (χ2n) is 8.51. The molecular formula is C25H18N2O5. The average Bonchev–Trinajstić information content (AvgIpc) is 3.10. The number of quaternary nitrogens is 1. The molecule has 1 aliphatic heterocycles. The summed E-state index contributed by atoms with van der Waals surface area (Å²) in [5.74, 6) is -2.65. The van der Waals surface area contributed by atoms with Crippen LogP contribution < -0.4 is 10.1 Å². The minimum Gasteiger partial charge on any atom is -0.595 e. The fourth-order valence-electron chi connectivity index (χ4n) is 6.04. The Kier molecular flexibility index (Phi) is 3.83. The summed E-state index contributed by atoms with van der Waals surface area (Å²) in [4.78, 5) is 41.5. The first kappa shape index (κ1) is 19.1. The molecule has 3 aromatic carbocycles. The van der Waals surface area contributed by atoms with Crippen molar-refractivity contribution in [1.82, 2.24) is 0 Å². The molecule has 0 saturated carbocycles. The molecule has 0 spiro atoms. The quantitative estimate of drug-likeness (QED) is 0.378. The van der Waals surface area contributed by atoms with Gasteiger partial charge in [-0.05, 0) is 34.4 Å². The van der Waals surface area contributed by atoms with Crippen LogP contribution >= 0.6 is 0 Å². The second kappa shape index (κ2) is 6.43. The fraction of sp³-hybridized carbons (Fsp3) is 0.160. The van der Waals surface area contributed by atoms with Crippen LogP contribution in [0.15, 0.2) is 72.8 Å². The maximum atomic E-state index is 13.8. The van der Waals surface area contributed by atoms with Crippen LogP contribution in [0.25, 0.3) is 0 Å². The molecule has 2 bridgehead atoms. The minimum absolute atomic E-state index is 0.0644. The van der Waals surface area contributed by atoms with E-state index in [2.05, 4.69) is 0 Å². The molecule has 1 unspecified atom stereocenters. The molecule has 1 fully saturated rings. The molecule has 2 N–H and O–H groups in total. The van der Waals surface area contributed by atoms with Gasteiger partial charge in [0.1, 0.15) is 6.29 Å². The molecule has 7 nitrogen and oxygen atoms in total. The van der Waals surface area contributed by atoms with Crippen LogP contribution in [0.1, 0.15) is 28.2 Å². The van der Waals surface area contributed by atoms with Gasteiger partial charge in [-0.15, -0.1) is 0 Å². The lowest BCUT2D eigenvalue weighted by Crippen LogP contribution is -2.99. The van der Waals surface area contributed by atoms with Crippen molar-refractivity contribution in [3.8, 4) is 0 Å². The number of anilines is 1. The van der Waals surface area contributed by atoms with E-state index in [1.807, 2.05) is 48.5 Å². The van der Waals surface area contributed by atoms with Gasteiger partial charge in [0, 0.05) is 18.1 Å². The molecular weight excluding hydrogens is 408 g/mol. The maximum Gasteiger partial charge on any atom is 0.239 e. The first-order valence-corrected chi connectivity index (χ1v) is 10.4. The monoisotopic (exact) mass is 426 g/mol. The van der Waals surface area contributed by atoms with Gasteiger partial charge in [-0.2, -0.15) is 5.23 Å². The highest BCUT2D eigenvalue weighted by atomic mass is 16.8. The molecule has 4 aliphatic rings. The molecule has 32 heavy (non-hydrogen) atoms. The highest BCUT2D eigenvalue weighted by Crippen LogP contribution is 2.63. The van der Waals surface area contributed by atoms with Crippen LogP contribution in [-0.2, 0) is 19.8 Å². The summed E-state index contributed by atoms with van der Waals surface area (Å²) in [6.07, 6.45) is 0.833. The molecule has 1 saturated heterocycles. The molecule has 0 radical (unpaired) electrons. The van der Waals surface area contributed by atoms with Gasteiger partial charge in [0.15, 0.2) is 5.69 Å². The van der Waals surface area contributed by atoms with Gasteiger partial charge in [-0.3, -0.25) is 9.59 Å². The zero-order valence-corrected chi connectivity index (χ0v) is 16.8. The summed E-state index contributed by atoms with van der Waals surface area (Å²) in [7, 11) is 0. The van der Waals surface area contributed by atoms with E-state index in [4.69, 9.17) is 0 Å². The number of benzene rings is 3. The molecule has 7 rings (SSSR count). The Labute approximate surface area is 183 Å². The van der Waals surface area contributed by atoms with Crippen molar-refractivity contribution in [1.29, 1.82) is 0 Å². The predicted molar refractivity (Wildman–Crippen MR) is 113 cm³/mol. The van der Waals surface area contributed by atoms with Crippen LogP contribution in [0.4, 0.5) is 11.4 Å². The topological polar surface area (TPSA) is 102 Å². The Bertz CT molecular complexity index is 1250. The van der Waals surface area contributed by atoms with Crippen molar-refractivity contribution < 1.29 is 24.8 Å². The smallest absolute Gasteiger partial charge is 0.239 e. The predicted octanol–water partition coefficient (Wildman–Crippen LogP) is 1.84. The van der Waals surface area contributed by atoms with E-state index in [0.717, 1.165) is 33.4 Å². The third-order valence-electron chi connectivity index (χ3n) is 7.24. The number of nitrogens with zero attached hydrogens (tertiary/aromatic N) is 1. The Morgan fingerprint density at radius 2 is 1.44 bits per heavy atom. The Morgan fingerprint density at radius 1 is 0.875 bits per heavy atom. The van der Waals surface area contributed by atoms with Crippen molar-refractivity contribution in [2.75, 3.05) is 4.90 Å². The highest BCUT2D eigenvalue weighted by molar-refractivity contribution is 6.24. The van der Waals surface area contributed by atoms with Gasteiger partial charge < -0.3 is 10.0 Å². The molecule has 158 valence electrons. The number of carbonyl (C=O) groups excluding carboxylic acids is 3. The third-order valence-corrected chi connectivity index (χ3v) is 7.24. The van der Waals surface area contributed by atoms with E-state index < -0.39 is 28.4 Å². The molecule has 1 heterocycles. The van der Waals surface area contributed by atoms with Crippen LogP contribution in [0, 0.1) is 17.0 Å².